The Morgan fingerprint density at radius 1 is 1.19 bits per heavy atom. The summed E-state index contributed by atoms with van der Waals surface area (Å²) in [4.78, 5) is 13.8. The summed E-state index contributed by atoms with van der Waals surface area (Å²) < 4.78 is 0.701. The monoisotopic (exact) mass is 345 g/mol. The molecule has 0 radical (unpaired) electrons. The zero-order valence-electron chi connectivity index (χ0n) is 11.0. The van der Waals surface area contributed by atoms with Crippen LogP contribution in [0.15, 0.2) is 53.1 Å². The van der Waals surface area contributed by atoms with Gasteiger partial charge in [0.25, 0.3) is 5.69 Å². The van der Waals surface area contributed by atoms with Crippen molar-refractivity contribution < 1.29 is 4.92 Å². The number of benzene rings is 2. The highest BCUT2D eigenvalue weighted by molar-refractivity contribution is 9.10. The minimum Gasteiger partial charge on any atom is -0.381 e. The fourth-order valence-corrected chi connectivity index (χ4v) is 2.57. The summed E-state index contributed by atoms with van der Waals surface area (Å²) in [6, 6.07) is 13.0. The van der Waals surface area contributed by atoms with Crippen LogP contribution in [-0.4, -0.2) is 9.91 Å². The Hall–Kier alpha value is -2.34. The van der Waals surface area contributed by atoms with Gasteiger partial charge < -0.3 is 10.3 Å². The fraction of sp³-hybridized carbons (Fsp3) is 0.0667. The number of nitro groups is 1. The Labute approximate surface area is 129 Å². The molecule has 0 amide bonds. The molecule has 106 valence electrons. The lowest BCUT2D eigenvalue weighted by molar-refractivity contribution is -0.385. The molecule has 0 aliphatic carbocycles. The number of nitro benzene ring substituents is 1. The maximum atomic E-state index is 11.1. The van der Waals surface area contributed by atoms with Crippen LogP contribution in [0, 0.1) is 10.1 Å². The van der Waals surface area contributed by atoms with Crippen LogP contribution in [0.3, 0.4) is 0 Å². The van der Waals surface area contributed by atoms with Crippen molar-refractivity contribution in [2.45, 2.75) is 6.54 Å². The molecule has 0 aliphatic rings. The van der Waals surface area contributed by atoms with Gasteiger partial charge >= 0.3 is 0 Å². The summed E-state index contributed by atoms with van der Waals surface area (Å²) in [5, 5.41) is 15.4. The highest BCUT2D eigenvalue weighted by Crippen LogP contribution is 2.25. The van der Waals surface area contributed by atoms with E-state index in [0.29, 0.717) is 16.6 Å². The largest absolute Gasteiger partial charge is 0.381 e. The van der Waals surface area contributed by atoms with Crippen LogP contribution in [0.25, 0.3) is 10.9 Å². The van der Waals surface area contributed by atoms with Gasteiger partial charge in [0.05, 0.1) is 4.92 Å². The first-order valence-electron chi connectivity index (χ1n) is 6.37. The van der Waals surface area contributed by atoms with Gasteiger partial charge in [-0.15, -0.1) is 0 Å². The second-order valence-corrected chi connectivity index (χ2v) is 5.58. The van der Waals surface area contributed by atoms with Gasteiger partial charge in [-0.3, -0.25) is 10.1 Å². The van der Waals surface area contributed by atoms with Gasteiger partial charge in [0.2, 0.25) is 0 Å². The van der Waals surface area contributed by atoms with Crippen molar-refractivity contribution in [3.63, 3.8) is 0 Å². The predicted molar refractivity (Wildman–Crippen MR) is 86.4 cm³/mol. The van der Waals surface area contributed by atoms with E-state index in [-0.39, 0.29) is 10.6 Å². The Bertz CT molecular complexity index is 814. The summed E-state index contributed by atoms with van der Waals surface area (Å²) in [5.74, 6) is 0. The third-order valence-corrected chi connectivity index (χ3v) is 3.77. The van der Waals surface area contributed by atoms with Gasteiger partial charge in [0.1, 0.15) is 0 Å². The molecule has 5 nitrogen and oxygen atoms in total. The van der Waals surface area contributed by atoms with Crippen molar-refractivity contribution in [3.05, 3.63) is 68.8 Å². The van der Waals surface area contributed by atoms with Gasteiger partial charge in [-0.25, -0.2) is 0 Å². The summed E-state index contributed by atoms with van der Waals surface area (Å²) in [7, 11) is 0. The highest BCUT2D eigenvalue weighted by Gasteiger charge is 2.13. The van der Waals surface area contributed by atoms with Crippen molar-refractivity contribution in [1.82, 2.24) is 4.98 Å². The minimum atomic E-state index is -0.364. The number of fused-ring (bicyclic) bond motifs is 1. The van der Waals surface area contributed by atoms with Gasteiger partial charge in [-0.1, -0.05) is 15.9 Å². The van der Waals surface area contributed by atoms with E-state index in [1.165, 1.54) is 6.07 Å². The van der Waals surface area contributed by atoms with E-state index in [0.717, 1.165) is 16.6 Å². The molecule has 0 atom stereocenters. The van der Waals surface area contributed by atoms with E-state index >= 15 is 0 Å². The molecule has 0 aliphatic heterocycles. The number of hydrogen-bond acceptors (Lipinski definition) is 3. The summed E-state index contributed by atoms with van der Waals surface area (Å²) >= 11 is 3.26. The summed E-state index contributed by atoms with van der Waals surface area (Å²) in [6.07, 6.45) is 1.88. The molecule has 21 heavy (non-hydrogen) atoms. The Morgan fingerprint density at radius 3 is 2.86 bits per heavy atom. The number of aromatic nitrogens is 1. The number of nitrogens with zero attached hydrogens (tertiary/aromatic N) is 1. The quantitative estimate of drug-likeness (QED) is 0.542. The number of aromatic amines is 1. The molecule has 2 N–H and O–H groups in total. The van der Waals surface area contributed by atoms with Crippen molar-refractivity contribution in [2.75, 3.05) is 5.32 Å². The summed E-state index contributed by atoms with van der Waals surface area (Å²) in [5.41, 5.74) is 2.76. The van der Waals surface area contributed by atoms with Gasteiger partial charge in [-0.05, 0) is 36.4 Å². The number of H-pyrrole nitrogens is 1. The second-order valence-electron chi connectivity index (χ2n) is 4.66. The van der Waals surface area contributed by atoms with Gasteiger partial charge in [0.15, 0.2) is 0 Å². The molecule has 0 fully saturated rings. The third-order valence-electron chi connectivity index (χ3n) is 3.28. The first kappa shape index (κ1) is 13.6. The van der Waals surface area contributed by atoms with Crippen LogP contribution in [0.1, 0.15) is 5.56 Å². The molecule has 0 saturated carbocycles. The molecular formula is C15H12BrN3O2. The van der Waals surface area contributed by atoms with Crippen molar-refractivity contribution in [3.8, 4) is 0 Å². The number of anilines is 1. The molecule has 3 rings (SSSR count). The van der Waals surface area contributed by atoms with E-state index in [1.807, 2.05) is 30.5 Å². The van der Waals surface area contributed by atoms with Crippen molar-refractivity contribution in [2.24, 2.45) is 0 Å². The van der Waals surface area contributed by atoms with Crippen LogP contribution in [0.5, 0.6) is 0 Å². The lowest BCUT2D eigenvalue weighted by atomic mass is 10.1. The third kappa shape index (κ3) is 2.90. The molecular weight excluding hydrogens is 334 g/mol. The summed E-state index contributed by atoms with van der Waals surface area (Å²) in [6.45, 7) is 0.402. The maximum Gasteiger partial charge on any atom is 0.275 e. The first-order valence-corrected chi connectivity index (χ1v) is 7.16. The molecule has 6 heteroatoms. The van der Waals surface area contributed by atoms with Crippen LogP contribution in [0.2, 0.25) is 0 Å². The van der Waals surface area contributed by atoms with Crippen molar-refractivity contribution in [1.29, 1.82) is 0 Å². The Morgan fingerprint density at radius 2 is 2.05 bits per heavy atom. The van der Waals surface area contributed by atoms with E-state index in [1.54, 1.807) is 12.1 Å². The molecule has 0 spiro atoms. The second kappa shape index (κ2) is 5.57. The van der Waals surface area contributed by atoms with Gasteiger partial charge in [0, 0.05) is 45.4 Å². The topological polar surface area (TPSA) is 71.0 Å². The van der Waals surface area contributed by atoms with Gasteiger partial charge in [-0.2, -0.15) is 0 Å². The van der Waals surface area contributed by atoms with Crippen LogP contribution >= 0.6 is 15.9 Å². The normalized spacial score (nSPS) is 10.7. The number of nitrogens with one attached hydrogen (secondary N) is 2. The van der Waals surface area contributed by atoms with Crippen LogP contribution in [-0.2, 0) is 6.54 Å². The molecule has 1 aromatic heterocycles. The Kier molecular flexibility index (Phi) is 3.62. The average molecular weight is 346 g/mol. The average Bonchev–Trinajstić information content (AvgIpc) is 2.93. The molecule has 3 aromatic rings. The first-order chi connectivity index (χ1) is 10.1. The van der Waals surface area contributed by atoms with Crippen LogP contribution < -0.4 is 5.32 Å². The number of hydrogen-bond donors (Lipinski definition) is 2. The fourth-order valence-electron chi connectivity index (χ4n) is 2.22. The zero-order valence-corrected chi connectivity index (χ0v) is 12.6. The van der Waals surface area contributed by atoms with Crippen molar-refractivity contribution >= 4 is 38.2 Å². The predicted octanol–water partition coefficient (Wildman–Crippen LogP) is 4.45. The maximum absolute atomic E-state index is 11.1. The number of rotatable bonds is 4. The lowest BCUT2D eigenvalue weighted by Gasteiger charge is -2.08. The lowest BCUT2D eigenvalue weighted by Crippen LogP contribution is -2.03. The number of halogens is 1. The molecule has 0 unspecified atom stereocenters. The smallest absolute Gasteiger partial charge is 0.275 e. The SMILES string of the molecule is O=[N+]([O-])c1cc(Br)ccc1CNc1ccc2[nH]ccc2c1. The van der Waals surface area contributed by atoms with Crippen LogP contribution in [0.4, 0.5) is 11.4 Å². The standard InChI is InChI=1S/C15H12BrN3O2/c16-12-2-1-11(15(8-12)19(20)21)9-18-13-3-4-14-10(7-13)5-6-17-14/h1-8,17-18H,9H2. The highest BCUT2D eigenvalue weighted by atomic mass is 79.9. The Balaban J connectivity index is 1.82. The molecule has 1 heterocycles. The molecule has 0 saturated heterocycles. The minimum absolute atomic E-state index is 0.111. The van der Waals surface area contributed by atoms with E-state index in [9.17, 15) is 10.1 Å². The van der Waals surface area contributed by atoms with E-state index in [2.05, 4.69) is 26.2 Å². The van der Waals surface area contributed by atoms with E-state index in [4.69, 9.17) is 0 Å². The van der Waals surface area contributed by atoms with E-state index < -0.39 is 0 Å². The molecule has 0 bridgehead atoms. The zero-order chi connectivity index (χ0) is 14.8. The molecule has 2 aromatic carbocycles.